The summed E-state index contributed by atoms with van der Waals surface area (Å²) >= 11 is 0. The molecule has 2 aliphatic heterocycles. The molecular weight excluding hydrogens is 399 g/mol. The molecule has 2 N–H and O–H groups in total. The highest BCUT2D eigenvalue weighted by Crippen LogP contribution is 2.28. The maximum atomic E-state index is 12.6. The Morgan fingerprint density at radius 2 is 1.86 bits per heavy atom. The molecule has 0 bridgehead atoms. The number of nitrogens with one attached hydrogen (secondary N) is 2. The number of nitrogens with zero attached hydrogens (tertiary/aromatic N) is 2. The lowest BCUT2D eigenvalue weighted by molar-refractivity contribution is 0.0511. The smallest absolute Gasteiger partial charge is 0.252 e. The number of pyridine rings is 1. The van der Waals surface area contributed by atoms with Crippen LogP contribution < -0.4 is 15.5 Å². The molecule has 6 nitrogen and oxygen atoms in total. The Balaban J connectivity index is 0.00000196. The molecule has 8 heteroatoms. The minimum absolute atomic E-state index is 0. The molecule has 0 unspecified atom stereocenters. The highest BCUT2D eigenvalue weighted by Gasteiger charge is 2.32. The predicted molar refractivity (Wildman–Crippen MR) is 118 cm³/mol. The molecule has 2 aliphatic rings. The summed E-state index contributed by atoms with van der Waals surface area (Å²) in [4.78, 5) is 19.4. The van der Waals surface area contributed by atoms with Crippen LogP contribution in [0.2, 0.25) is 0 Å². The van der Waals surface area contributed by atoms with E-state index >= 15 is 0 Å². The number of hydrogen-bond donors (Lipinski definition) is 2. The zero-order valence-corrected chi connectivity index (χ0v) is 18.4. The number of anilines is 1. The molecule has 0 radical (unpaired) electrons. The van der Waals surface area contributed by atoms with E-state index in [0.717, 1.165) is 44.8 Å². The topological polar surface area (TPSA) is 66.5 Å². The van der Waals surface area contributed by atoms with E-state index in [-0.39, 0.29) is 36.1 Å². The first-order chi connectivity index (χ1) is 12.7. The van der Waals surface area contributed by atoms with E-state index in [4.69, 9.17) is 4.74 Å². The number of ether oxygens (including phenoxy) is 1. The maximum Gasteiger partial charge on any atom is 0.252 e. The molecule has 1 aromatic rings. The van der Waals surface area contributed by atoms with Gasteiger partial charge in [-0.15, -0.1) is 24.8 Å². The average Bonchev–Trinajstić information content (AvgIpc) is 2.97. The molecular formula is C20H34Cl2N4O2. The van der Waals surface area contributed by atoms with E-state index in [1.165, 1.54) is 25.7 Å². The third kappa shape index (κ3) is 6.76. The van der Waals surface area contributed by atoms with Crippen molar-refractivity contribution in [1.29, 1.82) is 0 Å². The van der Waals surface area contributed by atoms with Crippen LogP contribution >= 0.6 is 24.8 Å². The van der Waals surface area contributed by atoms with Crippen LogP contribution in [0, 0.1) is 5.41 Å². The molecule has 0 aliphatic carbocycles. The minimum Gasteiger partial charge on any atom is -0.384 e. The second-order valence-electron chi connectivity index (χ2n) is 7.67. The van der Waals surface area contributed by atoms with Gasteiger partial charge in [-0.05, 0) is 50.9 Å². The Labute approximate surface area is 181 Å². The van der Waals surface area contributed by atoms with E-state index in [1.807, 2.05) is 12.1 Å². The van der Waals surface area contributed by atoms with Crippen LogP contribution in [-0.4, -0.2) is 57.3 Å². The molecule has 3 rings (SSSR count). The van der Waals surface area contributed by atoms with Crippen molar-refractivity contribution >= 4 is 36.5 Å². The van der Waals surface area contributed by atoms with E-state index in [9.17, 15) is 4.79 Å². The monoisotopic (exact) mass is 432 g/mol. The Morgan fingerprint density at radius 3 is 2.43 bits per heavy atom. The van der Waals surface area contributed by atoms with Gasteiger partial charge in [0.25, 0.3) is 5.91 Å². The molecule has 0 aromatic carbocycles. The Morgan fingerprint density at radius 1 is 1.18 bits per heavy atom. The molecule has 1 aromatic heterocycles. The van der Waals surface area contributed by atoms with Crippen LogP contribution in [-0.2, 0) is 4.74 Å². The van der Waals surface area contributed by atoms with Gasteiger partial charge in [-0.3, -0.25) is 4.79 Å². The van der Waals surface area contributed by atoms with Crippen LogP contribution in [0.5, 0.6) is 0 Å². The van der Waals surface area contributed by atoms with Gasteiger partial charge in [-0.2, -0.15) is 0 Å². The largest absolute Gasteiger partial charge is 0.384 e. The van der Waals surface area contributed by atoms with Crippen LogP contribution in [0.3, 0.4) is 0 Å². The Kier molecular flexibility index (Phi) is 11.1. The van der Waals surface area contributed by atoms with Gasteiger partial charge in [0.2, 0.25) is 0 Å². The molecule has 28 heavy (non-hydrogen) atoms. The predicted octanol–water partition coefficient (Wildman–Crippen LogP) is 3.05. The first-order valence-electron chi connectivity index (χ1n) is 9.91. The van der Waals surface area contributed by atoms with Gasteiger partial charge < -0.3 is 20.3 Å². The standard InChI is InChI=1S/C20H32N4O2.2ClH/c1-26-16-20(8-10-21-11-9-20)15-23-19(25)17-6-7-18(22-14-17)24-12-4-2-3-5-13-24;;/h6-7,14,21H,2-5,8-13,15-16H2,1H3,(H,23,25);2*1H. The number of piperidine rings is 1. The van der Waals surface area contributed by atoms with Crippen molar-refractivity contribution in [2.24, 2.45) is 5.41 Å². The van der Waals surface area contributed by atoms with Crippen LogP contribution in [0.15, 0.2) is 18.3 Å². The second-order valence-corrected chi connectivity index (χ2v) is 7.67. The summed E-state index contributed by atoms with van der Waals surface area (Å²) in [6, 6.07) is 3.88. The summed E-state index contributed by atoms with van der Waals surface area (Å²) in [5, 5.41) is 6.48. The lowest BCUT2D eigenvalue weighted by Crippen LogP contribution is -2.47. The van der Waals surface area contributed by atoms with Gasteiger partial charge in [-0.25, -0.2) is 4.98 Å². The average molecular weight is 433 g/mol. The van der Waals surface area contributed by atoms with E-state index in [1.54, 1.807) is 13.3 Å². The minimum atomic E-state index is -0.0473. The molecule has 1 amide bonds. The zero-order chi connectivity index (χ0) is 18.2. The number of hydrogen-bond acceptors (Lipinski definition) is 5. The maximum absolute atomic E-state index is 12.6. The lowest BCUT2D eigenvalue weighted by Gasteiger charge is -2.37. The van der Waals surface area contributed by atoms with Gasteiger partial charge in [0.05, 0.1) is 12.2 Å². The molecule has 0 spiro atoms. The third-order valence-electron chi connectivity index (χ3n) is 5.68. The van der Waals surface area contributed by atoms with E-state index < -0.39 is 0 Å². The van der Waals surface area contributed by atoms with E-state index in [2.05, 4.69) is 20.5 Å². The number of carbonyl (C=O) groups excluding carboxylic acids is 1. The molecule has 160 valence electrons. The number of aromatic nitrogens is 1. The second kappa shape index (κ2) is 12.5. The fourth-order valence-electron chi connectivity index (χ4n) is 4.01. The molecule has 2 fully saturated rings. The summed E-state index contributed by atoms with van der Waals surface area (Å²) in [6.45, 7) is 5.41. The van der Waals surface area contributed by atoms with Crippen LogP contribution in [0.25, 0.3) is 0 Å². The third-order valence-corrected chi connectivity index (χ3v) is 5.68. The summed E-state index contributed by atoms with van der Waals surface area (Å²) < 4.78 is 5.42. The van der Waals surface area contributed by atoms with Gasteiger partial charge in [0.1, 0.15) is 5.82 Å². The fourth-order valence-corrected chi connectivity index (χ4v) is 4.01. The van der Waals surface area contributed by atoms with Crippen molar-refractivity contribution in [2.75, 3.05) is 51.3 Å². The summed E-state index contributed by atoms with van der Waals surface area (Å²) in [7, 11) is 1.73. The van der Waals surface area contributed by atoms with Crippen molar-refractivity contribution in [3.63, 3.8) is 0 Å². The SMILES string of the molecule is COCC1(CNC(=O)c2ccc(N3CCCCCC3)nc2)CCNCC1.Cl.Cl. The van der Waals surface area contributed by atoms with Gasteiger partial charge in [0, 0.05) is 38.4 Å². The number of methoxy groups -OCH3 is 1. The highest BCUT2D eigenvalue weighted by atomic mass is 35.5. The van der Waals surface area contributed by atoms with Crippen LogP contribution in [0.1, 0.15) is 48.9 Å². The number of amides is 1. The number of carbonyl (C=O) groups is 1. The molecule has 0 saturated carbocycles. The summed E-state index contributed by atoms with van der Waals surface area (Å²) in [5.74, 6) is 0.937. The zero-order valence-electron chi connectivity index (χ0n) is 16.7. The quantitative estimate of drug-likeness (QED) is 0.722. The highest BCUT2D eigenvalue weighted by molar-refractivity contribution is 5.94. The van der Waals surface area contributed by atoms with Crippen LogP contribution in [0.4, 0.5) is 5.82 Å². The van der Waals surface area contributed by atoms with Gasteiger partial charge in [0.15, 0.2) is 0 Å². The van der Waals surface area contributed by atoms with Gasteiger partial charge in [-0.1, -0.05) is 12.8 Å². The van der Waals surface area contributed by atoms with Gasteiger partial charge >= 0.3 is 0 Å². The van der Waals surface area contributed by atoms with E-state index in [0.29, 0.717) is 18.7 Å². The molecule has 0 atom stereocenters. The Hall–Kier alpha value is -1.08. The van der Waals surface area contributed by atoms with Crippen molar-refractivity contribution in [2.45, 2.75) is 38.5 Å². The first kappa shape index (κ1) is 25.0. The fraction of sp³-hybridized carbons (Fsp3) is 0.700. The normalized spacial score (nSPS) is 19.0. The Bertz CT molecular complexity index is 567. The number of rotatable bonds is 6. The molecule has 3 heterocycles. The summed E-state index contributed by atoms with van der Waals surface area (Å²) in [5.41, 5.74) is 0.666. The summed E-state index contributed by atoms with van der Waals surface area (Å²) in [6.07, 6.45) is 8.80. The first-order valence-corrected chi connectivity index (χ1v) is 9.91. The number of halogens is 2. The van der Waals surface area contributed by atoms with Crippen molar-refractivity contribution in [1.82, 2.24) is 15.6 Å². The lowest BCUT2D eigenvalue weighted by atomic mass is 9.79. The van der Waals surface area contributed by atoms with Crippen molar-refractivity contribution in [3.8, 4) is 0 Å². The molecule has 2 saturated heterocycles. The van der Waals surface area contributed by atoms with Crippen molar-refractivity contribution < 1.29 is 9.53 Å². The van der Waals surface area contributed by atoms with Crippen molar-refractivity contribution in [3.05, 3.63) is 23.9 Å².